The lowest BCUT2D eigenvalue weighted by Crippen LogP contribution is -2.10. The normalized spacial score (nSPS) is 9.95. The van der Waals surface area contributed by atoms with Gasteiger partial charge in [0.1, 0.15) is 12.4 Å². The van der Waals surface area contributed by atoms with Crippen LogP contribution in [0.3, 0.4) is 0 Å². The Morgan fingerprint density at radius 3 is 2.84 bits per heavy atom. The molecule has 1 heterocycles. The lowest BCUT2D eigenvalue weighted by Gasteiger charge is -2.07. The number of benzene rings is 1. The van der Waals surface area contributed by atoms with E-state index in [1.807, 2.05) is 0 Å². The average molecular weight is 264 g/mol. The summed E-state index contributed by atoms with van der Waals surface area (Å²) in [6.45, 7) is 0.0530. The molecule has 6 heteroatoms. The second-order valence-corrected chi connectivity index (χ2v) is 3.61. The average Bonchev–Trinajstić information content (AvgIpc) is 2.90. The van der Waals surface area contributed by atoms with Crippen LogP contribution in [0.2, 0.25) is 0 Å². The van der Waals surface area contributed by atoms with Crippen molar-refractivity contribution in [3.63, 3.8) is 0 Å². The molecule has 0 aliphatic heterocycles. The zero-order valence-corrected chi connectivity index (χ0v) is 10.2. The first kappa shape index (κ1) is 12.8. The van der Waals surface area contributed by atoms with Crippen molar-refractivity contribution in [2.45, 2.75) is 6.61 Å². The number of carbonyl (C=O) groups is 1. The molecule has 0 aliphatic rings. The van der Waals surface area contributed by atoms with Crippen molar-refractivity contribution in [1.29, 1.82) is 0 Å². The standard InChI is InChI=1S/C13H12O6/c1-16-12-3-2-10(6-11(12)14)19-13(15)18-8-9-4-5-17-7-9/h2-7,14H,8H2,1H3. The summed E-state index contributed by atoms with van der Waals surface area (Å²) < 4.78 is 19.4. The Balaban J connectivity index is 1.90. The highest BCUT2D eigenvalue weighted by Crippen LogP contribution is 2.29. The minimum absolute atomic E-state index is 0.0530. The number of phenols is 1. The van der Waals surface area contributed by atoms with Crippen LogP contribution in [-0.4, -0.2) is 18.4 Å². The van der Waals surface area contributed by atoms with Gasteiger partial charge in [0.05, 0.1) is 19.6 Å². The lowest BCUT2D eigenvalue weighted by molar-refractivity contribution is 0.0925. The summed E-state index contributed by atoms with van der Waals surface area (Å²) in [6.07, 6.45) is 2.07. The van der Waals surface area contributed by atoms with Crippen LogP contribution in [-0.2, 0) is 11.3 Å². The third-order valence-electron chi connectivity index (χ3n) is 2.29. The molecule has 0 saturated heterocycles. The van der Waals surface area contributed by atoms with Crippen molar-refractivity contribution < 1.29 is 28.5 Å². The maximum atomic E-state index is 11.4. The van der Waals surface area contributed by atoms with Gasteiger partial charge in [-0.05, 0) is 18.2 Å². The van der Waals surface area contributed by atoms with Crippen LogP contribution in [0.25, 0.3) is 0 Å². The summed E-state index contributed by atoms with van der Waals surface area (Å²) in [5.74, 6) is 0.331. The Bertz CT molecular complexity index is 546. The van der Waals surface area contributed by atoms with Crippen molar-refractivity contribution >= 4 is 6.16 Å². The molecule has 0 spiro atoms. The first-order chi connectivity index (χ1) is 9.19. The quantitative estimate of drug-likeness (QED) is 0.675. The lowest BCUT2D eigenvalue weighted by atomic mass is 10.3. The summed E-state index contributed by atoms with van der Waals surface area (Å²) in [7, 11) is 1.43. The summed E-state index contributed by atoms with van der Waals surface area (Å²) in [5.41, 5.74) is 0.717. The number of furan rings is 1. The van der Waals surface area contributed by atoms with Gasteiger partial charge in [-0.3, -0.25) is 0 Å². The molecule has 0 saturated carbocycles. The van der Waals surface area contributed by atoms with Crippen molar-refractivity contribution in [1.82, 2.24) is 0 Å². The SMILES string of the molecule is COc1ccc(OC(=O)OCc2ccoc2)cc1O. The van der Waals surface area contributed by atoms with Crippen LogP contribution in [0.5, 0.6) is 17.2 Å². The van der Waals surface area contributed by atoms with E-state index in [0.29, 0.717) is 5.75 Å². The number of aromatic hydroxyl groups is 1. The third-order valence-corrected chi connectivity index (χ3v) is 2.29. The molecule has 0 aliphatic carbocycles. The predicted octanol–water partition coefficient (Wildman–Crippen LogP) is 2.71. The Labute approximate surface area is 109 Å². The molecule has 1 N–H and O–H groups in total. The highest BCUT2D eigenvalue weighted by atomic mass is 16.7. The van der Waals surface area contributed by atoms with Crippen LogP contribution >= 0.6 is 0 Å². The summed E-state index contributed by atoms with van der Waals surface area (Å²) in [4.78, 5) is 11.4. The highest BCUT2D eigenvalue weighted by Gasteiger charge is 2.09. The fraction of sp³-hybridized carbons (Fsp3) is 0.154. The first-order valence-electron chi connectivity index (χ1n) is 5.41. The zero-order valence-electron chi connectivity index (χ0n) is 10.2. The van der Waals surface area contributed by atoms with E-state index in [1.165, 1.54) is 37.8 Å². The molecular formula is C13H12O6. The van der Waals surface area contributed by atoms with Crippen LogP contribution in [0.1, 0.15) is 5.56 Å². The summed E-state index contributed by atoms with van der Waals surface area (Å²) in [5, 5.41) is 9.51. The first-order valence-corrected chi connectivity index (χ1v) is 5.41. The predicted molar refractivity (Wildman–Crippen MR) is 64.2 cm³/mol. The molecule has 0 fully saturated rings. The zero-order chi connectivity index (χ0) is 13.7. The number of phenolic OH excluding ortho intramolecular Hbond substituents is 1. The Hall–Kier alpha value is -2.63. The Morgan fingerprint density at radius 2 is 2.21 bits per heavy atom. The number of hydrogen-bond acceptors (Lipinski definition) is 6. The molecule has 0 radical (unpaired) electrons. The van der Waals surface area contributed by atoms with E-state index in [4.69, 9.17) is 18.6 Å². The van der Waals surface area contributed by atoms with E-state index in [1.54, 1.807) is 6.07 Å². The second kappa shape index (κ2) is 5.81. The van der Waals surface area contributed by atoms with Gasteiger partial charge in [0.15, 0.2) is 11.5 Å². The molecule has 1 aromatic carbocycles. The minimum atomic E-state index is -0.870. The van der Waals surface area contributed by atoms with Crippen LogP contribution in [0.4, 0.5) is 4.79 Å². The molecule has 0 bridgehead atoms. The van der Waals surface area contributed by atoms with Gasteiger partial charge in [-0.2, -0.15) is 0 Å². The van der Waals surface area contributed by atoms with Crippen LogP contribution < -0.4 is 9.47 Å². The fourth-order valence-corrected chi connectivity index (χ4v) is 1.38. The van der Waals surface area contributed by atoms with Gasteiger partial charge in [-0.25, -0.2) is 4.79 Å². The van der Waals surface area contributed by atoms with Gasteiger partial charge in [0.2, 0.25) is 0 Å². The smallest absolute Gasteiger partial charge is 0.504 e. The van der Waals surface area contributed by atoms with Gasteiger partial charge >= 0.3 is 6.16 Å². The topological polar surface area (TPSA) is 78.1 Å². The fourth-order valence-electron chi connectivity index (χ4n) is 1.38. The molecule has 0 unspecified atom stereocenters. The van der Waals surface area contributed by atoms with Crippen LogP contribution in [0.15, 0.2) is 41.2 Å². The number of ether oxygens (including phenoxy) is 3. The van der Waals surface area contributed by atoms with E-state index in [0.717, 1.165) is 5.56 Å². The summed E-state index contributed by atoms with van der Waals surface area (Å²) in [6, 6.07) is 5.90. The van der Waals surface area contributed by atoms with Crippen molar-refractivity contribution in [2.24, 2.45) is 0 Å². The third kappa shape index (κ3) is 3.41. The number of carbonyl (C=O) groups excluding carboxylic acids is 1. The molecule has 2 rings (SSSR count). The van der Waals surface area contributed by atoms with E-state index in [-0.39, 0.29) is 18.1 Å². The molecule has 0 atom stereocenters. The molecule has 19 heavy (non-hydrogen) atoms. The summed E-state index contributed by atoms with van der Waals surface area (Å²) >= 11 is 0. The minimum Gasteiger partial charge on any atom is -0.504 e. The van der Waals surface area contributed by atoms with E-state index in [9.17, 15) is 9.90 Å². The number of methoxy groups -OCH3 is 1. The van der Waals surface area contributed by atoms with E-state index in [2.05, 4.69) is 0 Å². The largest absolute Gasteiger partial charge is 0.514 e. The monoisotopic (exact) mass is 264 g/mol. The highest BCUT2D eigenvalue weighted by molar-refractivity contribution is 5.64. The molecular weight excluding hydrogens is 252 g/mol. The van der Waals surface area contributed by atoms with Gasteiger partial charge in [-0.1, -0.05) is 0 Å². The van der Waals surface area contributed by atoms with E-state index < -0.39 is 6.16 Å². The maximum Gasteiger partial charge on any atom is 0.514 e. The molecule has 2 aromatic rings. The van der Waals surface area contributed by atoms with Crippen molar-refractivity contribution in [2.75, 3.05) is 7.11 Å². The molecule has 1 aromatic heterocycles. The second-order valence-electron chi connectivity index (χ2n) is 3.61. The number of hydrogen-bond donors (Lipinski definition) is 1. The van der Waals surface area contributed by atoms with Crippen LogP contribution in [0, 0.1) is 0 Å². The van der Waals surface area contributed by atoms with Gasteiger partial charge in [0, 0.05) is 11.6 Å². The molecule has 100 valence electrons. The van der Waals surface area contributed by atoms with E-state index >= 15 is 0 Å². The number of rotatable bonds is 4. The van der Waals surface area contributed by atoms with Gasteiger partial charge in [0.25, 0.3) is 0 Å². The Kier molecular flexibility index (Phi) is 3.92. The van der Waals surface area contributed by atoms with Gasteiger partial charge in [-0.15, -0.1) is 0 Å². The van der Waals surface area contributed by atoms with Crippen molar-refractivity contribution in [3.8, 4) is 17.2 Å². The maximum absolute atomic E-state index is 11.4. The molecule has 6 nitrogen and oxygen atoms in total. The molecule has 0 amide bonds. The Morgan fingerprint density at radius 1 is 1.37 bits per heavy atom. The van der Waals surface area contributed by atoms with Crippen molar-refractivity contribution in [3.05, 3.63) is 42.4 Å². The van der Waals surface area contributed by atoms with Gasteiger partial charge < -0.3 is 23.7 Å².